The third-order valence-electron chi connectivity index (χ3n) is 3.04. The SMILES string of the molecule is Cc1nn(C)c(C)c1CNCc1ccncc1. The Morgan fingerprint density at radius 1 is 1.18 bits per heavy atom. The normalized spacial score (nSPS) is 10.8. The Hall–Kier alpha value is -1.68. The fourth-order valence-corrected chi connectivity index (χ4v) is 1.91. The van der Waals surface area contributed by atoms with Gasteiger partial charge in [-0.3, -0.25) is 9.67 Å². The van der Waals surface area contributed by atoms with Gasteiger partial charge < -0.3 is 5.32 Å². The first-order valence-corrected chi connectivity index (χ1v) is 5.77. The van der Waals surface area contributed by atoms with Crippen LogP contribution < -0.4 is 5.32 Å². The van der Waals surface area contributed by atoms with Crippen LogP contribution >= 0.6 is 0 Å². The summed E-state index contributed by atoms with van der Waals surface area (Å²) in [5.41, 5.74) is 4.87. The minimum absolute atomic E-state index is 0.855. The van der Waals surface area contributed by atoms with Gasteiger partial charge in [0, 0.05) is 43.8 Å². The van der Waals surface area contributed by atoms with Crippen molar-refractivity contribution in [1.82, 2.24) is 20.1 Å². The summed E-state index contributed by atoms with van der Waals surface area (Å²) in [6, 6.07) is 4.05. The van der Waals surface area contributed by atoms with Crippen LogP contribution in [0.2, 0.25) is 0 Å². The van der Waals surface area contributed by atoms with Crippen molar-refractivity contribution < 1.29 is 0 Å². The van der Waals surface area contributed by atoms with Crippen LogP contribution in [0.1, 0.15) is 22.5 Å². The number of hydrogen-bond donors (Lipinski definition) is 1. The Kier molecular flexibility index (Phi) is 3.54. The number of aryl methyl sites for hydroxylation is 2. The average Bonchev–Trinajstić information content (AvgIpc) is 2.57. The van der Waals surface area contributed by atoms with Crippen molar-refractivity contribution in [2.24, 2.45) is 7.05 Å². The number of nitrogens with zero attached hydrogens (tertiary/aromatic N) is 3. The standard InChI is InChI=1S/C13H18N4/c1-10-13(11(2)17(3)16-10)9-15-8-12-4-6-14-7-5-12/h4-7,15H,8-9H2,1-3H3. The van der Waals surface area contributed by atoms with Gasteiger partial charge in [0.05, 0.1) is 5.69 Å². The molecule has 0 saturated heterocycles. The zero-order valence-electron chi connectivity index (χ0n) is 10.6. The van der Waals surface area contributed by atoms with E-state index in [1.807, 2.05) is 36.3 Å². The summed E-state index contributed by atoms with van der Waals surface area (Å²) in [6.45, 7) is 5.87. The number of pyridine rings is 1. The molecule has 0 aliphatic heterocycles. The maximum absolute atomic E-state index is 4.40. The fraction of sp³-hybridized carbons (Fsp3) is 0.385. The Morgan fingerprint density at radius 2 is 1.88 bits per heavy atom. The first-order chi connectivity index (χ1) is 8.18. The summed E-state index contributed by atoms with van der Waals surface area (Å²) >= 11 is 0. The molecule has 0 fully saturated rings. The third-order valence-corrected chi connectivity index (χ3v) is 3.04. The molecule has 2 aromatic heterocycles. The lowest BCUT2D eigenvalue weighted by atomic mass is 10.2. The topological polar surface area (TPSA) is 42.7 Å². The fourth-order valence-electron chi connectivity index (χ4n) is 1.91. The van der Waals surface area contributed by atoms with Gasteiger partial charge in [-0.15, -0.1) is 0 Å². The quantitative estimate of drug-likeness (QED) is 0.869. The molecule has 4 heteroatoms. The van der Waals surface area contributed by atoms with Gasteiger partial charge in [0.2, 0.25) is 0 Å². The Balaban J connectivity index is 1.95. The van der Waals surface area contributed by atoms with Crippen LogP contribution in [0.15, 0.2) is 24.5 Å². The largest absolute Gasteiger partial charge is 0.308 e. The molecule has 17 heavy (non-hydrogen) atoms. The average molecular weight is 230 g/mol. The van der Waals surface area contributed by atoms with Gasteiger partial charge in [0.1, 0.15) is 0 Å². The first kappa shape index (κ1) is 11.8. The van der Waals surface area contributed by atoms with E-state index < -0.39 is 0 Å². The van der Waals surface area contributed by atoms with Crippen molar-refractivity contribution >= 4 is 0 Å². The van der Waals surface area contributed by atoms with E-state index in [0.29, 0.717) is 0 Å². The highest BCUT2D eigenvalue weighted by Gasteiger charge is 2.08. The van der Waals surface area contributed by atoms with E-state index in [0.717, 1.165) is 18.8 Å². The van der Waals surface area contributed by atoms with E-state index in [2.05, 4.69) is 29.2 Å². The lowest BCUT2D eigenvalue weighted by molar-refractivity contribution is 0.683. The number of aromatic nitrogens is 3. The zero-order valence-corrected chi connectivity index (χ0v) is 10.6. The second kappa shape index (κ2) is 5.10. The molecule has 2 rings (SSSR count). The predicted octanol–water partition coefficient (Wildman–Crippen LogP) is 1.72. The van der Waals surface area contributed by atoms with Crippen LogP contribution in [0.4, 0.5) is 0 Å². The van der Waals surface area contributed by atoms with Gasteiger partial charge >= 0.3 is 0 Å². The maximum Gasteiger partial charge on any atom is 0.0641 e. The molecule has 0 aliphatic rings. The van der Waals surface area contributed by atoms with Crippen molar-refractivity contribution in [1.29, 1.82) is 0 Å². The summed E-state index contributed by atoms with van der Waals surface area (Å²) in [7, 11) is 1.98. The minimum Gasteiger partial charge on any atom is -0.308 e. The molecule has 90 valence electrons. The van der Waals surface area contributed by atoms with Crippen LogP contribution in [0, 0.1) is 13.8 Å². The molecule has 0 aliphatic carbocycles. The molecule has 0 spiro atoms. The molecule has 0 atom stereocenters. The van der Waals surface area contributed by atoms with Crippen molar-refractivity contribution in [2.45, 2.75) is 26.9 Å². The molecular weight excluding hydrogens is 212 g/mol. The second-order valence-corrected chi connectivity index (χ2v) is 4.23. The first-order valence-electron chi connectivity index (χ1n) is 5.77. The summed E-state index contributed by atoms with van der Waals surface area (Å²) in [6.07, 6.45) is 3.63. The van der Waals surface area contributed by atoms with Gasteiger partial charge in [-0.05, 0) is 31.5 Å². The molecule has 2 heterocycles. The molecule has 0 aromatic carbocycles. The molecule has 4 nitrogen and oxygen atoms in total. The van der Waals surface area contributed by atoms with Crippen molar-refractivity contribution in [2.75, 3.05) is 0 Å². The van der Waals surface area contributed by atoms with Crippen molar-refractivity contribution in [3.63, 3.8) is 0 Å². The van der Waals surface area contributed by atoms with E-state index in [-0.39, 0.29) is 0 Å². The van der Waals surface area contributed by atoms with Crippen LogP contribution in [0.5, 0.6) is 0 Å². The Morgan fingerprint density at radius 3 is 2.47 bits per heavy atom. The highest BCUT2D eigenvalue weighted by atomic mass is 15.3. The molecule has 1 N–H and O–H groups in total. The van der Waals surface area contributed by atoms with E-state index >= 15 is 0 Å². The maximum atomic E-state index is 4.40. The van der Waals surface area contributed by atoms with Gasteiger partial charge in [-0.1, -0.05) is 0 Å². The molecule has 0 amide bonds. The summed E-state index contributed by atoms with van der Waals surface area (Å²) in [5, 5.41) is 7.83. The predicted molar refractivity (Wildman–Crippen MR) is 67.5 cm³/mol. The van der Waals surface area contributed by atoms with Crippen LogP contribution in [-0.4, -0.2) is 14.8 Å². The van der Waals surface area contributed by atoms with Gasteiger partial charge in [-0.2, -0.15) is 5.10 Å². The highest BCUT2D eigenvalue weighted by Crippen LogP contribution is 2.11. The smallest absolute Gasteiger partial charge is 0.0641 e. The summed E-state index contributed by atoms with van der Waals surface area (Å²) in [4.78, 5) is 4.00. The van der Waals surface area contributed by atoms with E-state index in [4.69, 9.17) is 0 Å². The minimum atomic E-state index is 0.855. The van der Waals surface area contributed by atoms with E-state index in [1.165, 1.54) is 16.8 Å². The highest BCUT2D eigenvalue weighted by molar-refractivity contribution is 5.24. The Labute approximate surface area is 102 Å². The number of hydrogen-bond acceptors (Lipinski definition) is 3. The lowest BCUT2D eigenvalue weighted by Gasteiger charge is -2.05. The molecule has 2 aromatic rings. The van der Waals surface area contributed by atoms with Crippen LogP contribution in [-0.2, 0) is 20.1 Å². The Bertz CT molecular complexity index is 488. The van der Waals surface area contributed by atoms with Crippen molar-refractivity contribution in [3.05, 3.63) is 47.0 Å². The van der Waals surface area contributed by atoms with Crippen LogP contribution in [0.3, 0.4) is 0 Å². The van der Waals surface area contributed by atoms with E-state index in [1.54, 1.807) is 0 Å². The molecule has 0 bridgehead atoms. The second-order valence-electron chi connectivity index (χ2n) is 4.23. The molecule has 0 radical (unpaired) electrons. The zero-order chi connectivity index (χ0) is 12.3. The number of rotatable bonds is 4. The van der Waals surface area contributed by atoms with Gasteiger partial charge in [0.15, 0.2) is 0 Å². The molecule has 0 unspecified atom stereocenters. The number of nitrogens with one attached hydrogen (secondary N) is 1. The molecular formula is C13H18N4. The van der Waals surface area contributed by atoms with Gasteiger partial charge in [0.25, 0.3) is 0 Å². The summed E-state index contributed by atoms with van der Waals surface area (Å²) in [5.74, 6) is 0. The van der Waals surface area contributed by atoms with Crippen LogP contribution in [0.25, 0.3) is 0 Å². The van der Waals surface area contributed by atoms with Gasteiger partial charge in [-0.25, -0.2) is 0 Å². The van der Waals surface area contributed by atoms with Crippen molar-refractivity contribution in [3.8, 4) is 0 Å². The summed E-state index contributed by atoms with van der Waals surface area (Å²) < 4.78 is 1.93. The van der Waals surface area contributed by atoms with E-state index in [9.17, 15) is 0 Å². The molecule has 0 saturated carbocycles. The monoisotopic (exact) mass is 230 g/mol. The lowest BCUT2D eigenvalue weighted by Crippen LogP contribution is -2.13. The third kappa shape index (κ3) is 2.71.